The fourth-order valence-corrected chi connectivity index (χ4v) is 1.85. The molecule has 0 fully saturated rings. The molecule has 1 aromatic carbocycles. The van der Waals surface area contributed by atoms with Gasteiger partial charge in [-0.05, 0) is 30.3 Å². The van der Waals surface area contributed by atoms with Gasteiger partial charge in [0.25, 0.3) is 5.91 Å². The van der Waals surface area contributed by atoms with E-state index in [1.807, 2.05) is 0 Å². The standard InChI is InChI=1S/C13H11N5O2/c14-7-1-3-10(15-6-7)12(19)16-8-2-4-9-11(5-8)18-13(20)17-9/h1-6H,14H2,(H,16,19)(H2,17,18,20). The number of imidazole rings is 1. The van der Waals surface area contributed by atoms with Gasteiger partial charge >= 0.3 is 5.69 Å². The highest BCUT2D eigenvalue weighted by Crippen LogP contribution is 2.15. The van der Waals surface area contributed by atoms with E-state index in [1.165, 1.54) is 6.20 Å². The van der Waals surface area contributed by atoms with Crippen LogP contribution in [0, 0.1) is 0 Å². The van der Waals surface area contributed by atoms with Crippen molar-refractivity contribution in [2.75, 3.05) is 11.1 Å². The van der Waals surface area contributed by atoms with E-state index < -0.39 is 0 Å². The lowest BCUT2D eigenvalue weighted by atomic mass is 10.2. The maximum absolute atomic E-state index is 12.0. The minimum Gasteiger partial charge on any atom is -0.397 e. The lowest BCUT2D eigenvalue weighted by Crippen LogP contribution is -2.13. The van der Waals surface area contributed by atoms with E-state index >= 15 is 0 Å². The lowest BCUT2D eigenvalue weighted by Gasteiger charge is -2.04. The van der Waals surface area contributed by atoms with Crippen LogP contribution in [0.4, 0.5) is 11.4 Å². The highest BCUT2D eigenvalue weighted by Gasteiger charge is 2.08. The van der Waals surface area contributed by atoms with Crippen LogP contribution in [0.15, 0.2) is 41.3 Å². The minimum atomic E-state index is -0.345. The highest BCUT2D eigenvalue weighted by atomic mass is 16.2. The van der Waals surface area contributed by atoms with Gasteiger partial charge in [-0.1, -0.05) is 0 Å². The number of hydrogen-bond acceptors (Lipinski definition) is 4. The molecule has 0 aliphatic heterocycles. The maximum Gasteiger partial charge on any atom is 0.323 e. The van der Waals surface area contributed by atoms with E-state index in [0.717, 1.165) is 0 Å². The third-order valence-corrected chi connectivity index (χ3v) is 2.79. The molecule has 20 heavy (non-hydrogen) atoms. The van der Waals surface area contributed by atoms with E-state index in [4.69, 9.17) is 5.73 Å². The van der Waals surface area contributed by atoms with Crippen LogP contribution in [0.5, 0.6) is 0 Å². The Morgan fingerprint density at radius 3 is 2.70 bits per heavy atom. The Morgan fingerprint density at radius 1 is 1.15 bits per heavy atom. The molecule has 0 unspecified atom stereocenters. The van der Waals surface area contributed by atoms with Gasteiger partial charge in [0.1, 0.15) is 5.69 Å². The third kappa shape index (κ3) is 2.24. The molecule has 7 heteroatoms. The molecule has 0 spiro atoms. The van der Waals surface area contributed by atoms with Gasteiger partial charge in [-0.3, -0.25) is 4.79 Å². The number of nitrogens with one attached hydrogen (secondary N) is 3. The topological polar surface area (TPSA) is 117 Å². The molecule has 0 saturated heterocycles. The summed E-state index contributed by atoms with van der Waals surface area (Å²) in [6.07, 6.45) is 1.42. The Bertz CT molecular complexity index is 832. The fraction of sp³-hybridized carbons (Fsp3) is 0. The second-order valence-corrected chi connectivity index (χ2v) is 4.27. The van der Waals surface area contributed by atoms with Gasteiger partial charge in [0.2, 0.25) is 0 Å². The van der Waals surface area contributed by atoms with Crippen LogP contribution in [-0.2, 0) is 0 Å². The van der Waals surface area contributed by atoms with E-state index in [2.05, 4.69) is 20.3 Å². The zero-order valence-corrected chi connectivity index (χ0v) is 10.3. The molecule has 0 aliphatic rings. The summed E-state index contributed by atoms with van der Waals surface area (Å²) in [7, 11) is 0. The van der Waals surface area contributed by atoms with Gasteiger partial charge in [0, 0.05) is 5.69 Å². The Morgan fingerprint density at radius 2 is 1.95 bits per heavy atom. The second kappa shape index (κ2) is 4.54. The normalized spacial score (nSPS) is 10.6. The molecule has 0 aliphatic carbocycles. The van der Waals surface area contributed by atoms with E-state index in [-0.39, 0.29) is 17.3 Å². The van der Waals surface area contributed by atoms with Crippen LogP contribution in [0.1, 0.15) is 10.5 Å². The van der Waals surface area contributed by atoms with Crippen LogP contribution >= 0.6 is 0 Å². The average Bonchev–Trinajstić information content (AvgIpc) is 2.78. The Kier molecular flexibility index (Phi) is 2.72. The summed E-state index contributed by atoms with van der Waals surface area (Å²) in [6.45, 7) is 0. The van der Waals surface area contributed by atoms with E-state index in [9.17, 15) is 9.59 Å². The summed E-state index contributed by atoms with van der Waals surface area (Å²) in [6, 6.07) is 8.22. The van der Waals surface area contributed by atoms with Crippen LogP contribution in [-0.4, -0.2) is 20.9 Å². The molecular weight excluding hydrogens is 258 g/mol. The molecule has 0 bridgehead atoms. The largest absolute Gasteiger partial charge is 0.397 e. The monoisotopic (exact) mass is 269 g/mol. The summed E-state index contributed by atoms with van der Waals surface area (Å²) < 4.78 is 0. The number of hydrogen-bond donors (Lipinski definition) is 4. The molecule has 2 aromatic heterocycles. The number of fused-ring (bicyclic) bond motifs is 1. The van der Waals surface area contributed by atoms with Gasteiger partial charge in [-0.2, -0.15) is 0 Å². The van der Waals surface area contributed by atoms with E-state index in [0.29, 0.717) is 22.4 Å². The predicted molar refractivity (Wildman–Crippen MR) is 75.5 cm³/mol. The number of carbonyl (C=O) groups is 1. The third-order valence-electron chi connectivity index (χ3n) is 2.79. The second-order valence-electron chi connectivity index (χ2n) is 4.27. The smallest absolute Gasteiger partial charge is 0.323 e. The van der Waals surface area contributed by atoms with Crippen LogP contribution < -0.4 is 16.7 Å². The Hall–Kier alpha value is -3.09. The first-order valence-corrected chi connectivity index (χ1v) is 5.87. The van der Waals surface area contributed by atoms with Crippen LogP contribution in [0.2, 0.25) is 0 Å². The zero-order valence-electron chi connectivity index (χ0n) is 10.3. The number of aromatic amines is 2. The number of nitrogens with zero attached hydrogens (tertiary/aromatic N) is 1. The minimum absolute atomic E-state index is 0.266. The molecule has 5 N–H and O–H groups in total. The predicted octanol–water partition coefficient (Wildman–Crippen LogP) is 1.09. The van der Waals surface area contributed by atoms with E-state index in [1.54, 1.807) is 30.3 Å². The van der Waals surface area contributed by atoms with Gasteiger partial charge in [0.15, 0.2) is 0 Å². The Labute approximate surface area is 112 Å². The maximum atomic E-state index is 12.0. The molecule has 1 amide bonds. The van der Waals surface area contributed by atoms with Gasteiger partial charge in [-0.15, -0.1) is 0 Å². The van der Waals surface area contributed by atoms with Crippen molar-refractivity contribution < 1.29 is 4.79 Å². The van der Waals surface area contributed by atoms with Crippen molar-refractivity contribution in [1.29, 1.82) is 0 Å². The number of nitrogen functional groups attached to an aromatic ring is 1. The van der Waals surface area contributed by atoms with Gasteiger partial charge in [0.05, 0.1) is 22.9 Å². The first-order valence-electron chi connectivity index (χ1n) is 5.87. The number of benzene rings is 1. The molecule has 7 nitrogen and oxygen atoms in total. The quantitative estimate of drug-likeness (QED) is 0.557. The summed E-state index contributed by atoms with van der Waals surface area (Å²) in [5.74, 6) is -0.345. The first kappa shape index (κ1) is 12.0. The zero-order chi connectivity index (χ0) is 14.1. The number of amides is 1. The number of anilines is 2. The van der Waals surface area contributed by atoms with Crippen molar-refractivity contribution in [2.24, 2.45) is 0 Å². The van der Waals surface area contributed by atoms with Crippen molar-refractivity contribution in [2.45, 2.75) is 0 Å². The highest BCUT2D eigenvalue weighted by molar-refractivity contribution is 6.03. The fourth-order valence-electron chi connectivity index (χ4n) is 1.85. The number of carbonyl (C=O) groups excluding carboxylic acids is 1. The molecule has 0 saturated carbocycles. The molecule has 0 radical (unpaired) electrons. The van der Waals surface area contributed by atoms with Gasteiger partial charge < -0.3 is 21.0 Å². The Balaban J connectivity index is 1.86. The average molecular weight is 269 g/mol. The summed E-state index contributed by atoms with van der Waals surface area (Å²) in [5, 5.41) is 2.70. The number of H-pyrrole nitrogens is 2. The molecule has 0 atom stereocenters. The van der Waals surface area contributed by atoms with Gasteiger partial charge in [-0.25, -0.2) is 9.78 Å². The van der Waals surface area contributed by atoms with Crippen molar-refractivity contribution in [3.05, 3.63) is 52.7 Å². The molecule has 3 rings (SSSR count). The molecule has 3 aromatic rings. The SMILES string of the molecule is Nc1ccc(C(=O)Nc2ccc3[nH]c(=O)[nH]c3c2)nc1. The summed E-state index contributed by atoms with van der Waals surface area (Å²) in [5.41, 5.74) is 7.85. The number of nitrogens with two attached hydrogens (primary N) is 1. The number of pyridine rings is 1. The molecule has 100 valence electrons. The van der Waals surface area contributed by atoms with Crippen molar-refractivity contribution >= 4 is 28.3 Å². The summed E-state index contributed by atoms with van der Waals surface area (Å²) >= 11 is 0. The van der Waals surface area contributed by atoms with Crippen molar-refractivity contribution in [1.82, 2.24) is 15.0 Å². The molecule has 2 heterocycles. The summed E-state index contributed by atoms with van der Waals surface area (Å²) in [4.78, 5) is 32.3. The van der Waals surface area contributed by atoms with Crippen molar-refractivity contribution in [3.8, 4) is 0 Å². The molecular formula is C13H11N5O2. The lowest BCUT2D eigenvalue weighted by molar-refractivity contribution is 0.102. The van der Waals surface area contributed by atoms with Crippen molar-refractivity contribution in [3.63, 3.8) is 0 Å². The van der Waals surface area contributed by atoms with Crippen LogP contribution in [0.3, 0.4) is 0 Å². The van der Waals surface area contributed by atoms with Crippen LogP contribution in [0.25, 0.3) is 11.0 Å². The first-order chi connectivity index (χ1) is 9.61. The number of rotatable bonds is 2. The number of aromatic nitrogens is 3.